The summed E-state index contributed by atoms with van der Waals surface area (Å²) in [6.07, 6.45) is 3.94. The summed E-state index contributed by atoms with van der Waals surface area (Å²) in [6.45, 7) is 9.63. The predicted molar refractivity (Wildman–Crippen MR) is 69.5 cm³/mol. The quantitative estimate of drug-likeness (QED) is 0.846. The molecule has 2 rings (SSSR count). The van der Waals surface area contributed by atoms with Gasteiger partial charge < -0.3 is 0 Å². The number of nitrogens with one attached hydrogen (secondary N) is 2. The minimum Gasteiger partial charge on any atom is -0.282 e. The summed E-state index contributed by atoms with van der Waals surface area (Å²) in [4.78, 5) is 0. The minimum absolute atomic E-state index is 0.631. The Kier molecular flexibility index (Phi) is 3.84. The van der Waals surface area contributed by atoms with Crippen LogP contribution in [0.25, 0.3) is 0 Å². The van der Waals surface area contributed by atoms with E-state index in [9.17, 15) is 0 Å². The minimum atomic E-state index is 0.631. The van der Waals surface area contributed by atoms with E-state index in [4.69, 9.17) is 0 Å². The first-order valence-corrected chi connectivity index (χ1v) is 6.62. The molecule has 0 aliphatic carbocycles. The van der Waals surface area contributed by atoms with Crippen LogP contribution in [0.5, 0.6) is 0 Å². The molecule has 1 fully saturated rings. The van der Waals surface area contributed by atoms with Crippen molar-refractivity contribution in [1.29, 1.82) is 0 Å². The highest BCUT2D eigenvalue weighted by Gasteiger charge is 2.24. The lowest BCUT2D eigenvalue weighted by molar-refractivity contribution is 0.0434. The Bertz CT molecular complexity index is 342. The molecule has 1 aromatic rings. The zero-order chi connectivity index (χ0) is 12.4. The van der Waals surface area contributed by atoms with E-state index in [1.165, 1.54) is 30.5 Å². The third-order valence-electron chi connectivity index (χ3n) is 3.91. The van der Waals surface area contributed by atoms with Gasteiger partial charge >= 0.3 is 0 Å². The summed E-state index contributed by atoms with van der Waals surface area (Å²) >= 11 is 0. The molecule has 1 aliphatic heterocycles. The lowest BCUT2D eigenvalue weighted by Gasteiger charge is -2.39. The maximum atomic E-state index is 4.23. The predicted octanol–water partition coefficient (Wildman–Crippen LogP) is 2.29. The Morgan fingerprint density at radius 3 is 2.47 bits per heavy atom. The Morgan fingerprint density at radius 1 is 1.29 bits per heavy atom. The van der Waals surface area contributed by atoms with Gasteiger partial charge in [-0.1, -0.05) is 6.42 Å². The molecule has 0 amide bonds. The van der Waals surface area contributed by atoms with Crippen molar-refractivity contribution in [3.05, 3.63) is 17.0 Å². The Labute approximate surface area is 104 Å². The number of aromatic nitrogens is 2. The van der Waals surface area contributed by atoms with Crippen molar-refractivity contribution in [2.75, 3.05) is 0 Å². The molecular weight excluding hydrogens is 212 g/mol. The Balaban J connectivity index is 1.97. The summed E-state index contributed by atoms with van der Waals surface area (Å²) in [5.41, 5.74) is 7.16. The second-order valence-corrected chi connectivity index (χ2v) is 5.28. The van der Waals surface area contributed by atoms with Crippen molar-refractivity contribution in [2.24, 2.45) is 0 Å². The fraction of sp³-hybridized carbons (Fsp3) is 0.769. The van der Waals surface area contributed by atoms with E-state index in [2.05, 4.69) is 48.3 Å². The largest absolute Gasteiger partial charge is 0.282 e. The van der Waals surface area contributed by atoms with Crippen LogP contribution in [-0.2, 0) is 6.54 Å². The number of hydrazine groups is 1. The van der Waals surface area contributed by atoms with Crippen molar-refractivity contribution in [3.63, 3.8) is 0 Å². The molecule has 1 aromatic heterocycles. The highest BCUT2D eigenvalue weighted by molar-refractivity contribution is 5.22. The average molecular weight is 236 g/mol. The summed E-state index contributed by atoms with van der Waals surface area (Å²) in [5.74, 6) is 0. The lowest BCUT2D eigenvalue weighted by atomic mass is 10.00. The molecule has 2 N–H and O–H groups in total. The summed E-state index contributed by atoms with van der Waals surface area (Å²) in [6, 6.07) is 1.26. The van der Waals surface area contributed by atoms with E-state index in [1.54, 1.807) is 0 Å². The molecule has 2 heterocycles. The monoisotopic (exact) mass is 236 g/mol. The van der Waals surface area contributed by atoms with Gasteiger partial charge in [-0.05, 0) is 40.5 Å². The van der Waals surface area contributed by atoms with Gasteiger partial charge in [0.2, 0.25) is 0 Å². The highest BCUT2D eigenvalue weighted by Crippen LogP contribution is 2.21. The van der Waals surface area contributed by atoms with Crippen LogP contribution in [0.4, 0.5) is 0 Å². The Hall–Kier alpha value is -0.870. The topological polar surface area (TPSA) is 44.0 Å². The fourth-order valence-corrected chi connectivity index (χ4v) is 2.74. The second kappa shape index (κ2) is 5.19. The van der Waals surface area contributed by atoms with Crippen molar-refractivity contribution in [1.82, 2.24) is 20.6 Å². The van der Waals surface area contributed by atoms with Crippen LogP contribution in [0.15, 0.2) is 0 Å². The standard InChI is InChI=1S/C13H24N4/c1-9-6-5-7-10(2)17(9)14-8-13-11(3)15-16-12(13)4/h9-10,14H,5-8H2,1-4H3,(H,15,16). The summed E-state index contributed by atoms with van der Waals surface area (Å²) in [5, 5.41) is 9.69. The second-order valence-electron chi connectivity index (χ2n) is 5.28. The van der Waals surface area contributed by atoms with Crippen molar-refractivity contribution >= 4 is 0 Å². The van der Waals surface area contributed by atoms with E-state index in [1.807, 2.05) is 0 Å². The van der Waals surface area contributed by atoms with Crippen LogP contribution in [0.3, 0.4) is 0 Å². The molecule has 2 unspecified atom stereocenters. The van der Waals surface area contributed by atoms with Gasteiger partial charge in [0, 0.05) is 29.9 Å². The van der Waals surface area contributed by atoms with Crippen molar-refractivity contribution < 1.29 is 0 Å². The van der Waals surface area contributed by atoms with E-state index < -0.39 is 0 Å². The van der Waals surface area contributed by atoms with Gasteiger partial charge in [0.15, 0.2) is 0 Å². The van der Waals surface area contributed by atoms with Crippen molar-refractivity contribution in [3.8, 4) is 0 Å². The molecule has 2 atom stereocenters. The number of rotatable bonds is 3. The fourth-order valence-electron chi connectivity index (χ4n) is 2.74. The average Bonchev–Trinajstić information content (AvgIpc) is 2.59. The van der Waals surface area contributed by atoms with Gasteiger partial charge in [-0.15, -0.1) is 0 Å². The number of hydrogen-bond donors (Lipinski definition) is 2. The van der Waals surface area contributed by atoms with Gasteiger partial charge in [-0.25, -0.2) is 5.01 Å². The van der Waals surface area contributed by atoms with Crippen LogP contribution < -0.4 is 5.43 Å². The first-order valence-electron chi connectivity index (χ1n) is 6.62. The molecule has 0 spiro atoms. The first-order chi connectivity index (χ1) is 8.09. The SMILES string of the molecule is Cc1n[nH]c(C)c1CNN1C(C)CCCC1C. The van der Waals surface area contributed by atoms with Crippen LogP contribution in [0, 0.1) is 13.8 Å². The van der Waals surface area contributed by atoms with Crippen LogP contribution in [-0.4, -0.2) is 27.3 Å². The Morgan fingerprint density at radius 2 is 1.94 bits per heavy atom. The number of nitrogens with zero attached hydrogens (tertiary/aromatic N) is 2. The molecule has 0 bridgehead atoms. The van der Waals surface area contributed by atoms with Gasteiger partial charge in [0.25, 0.3) is 0 Å². The normalized spacial score (nSPS) is 26.4. The highest BCUT2D eigenvalue weighted by atomic mass is 15.5. The van der Waals surface area contributed by atoms with Gasteiger partial charge in [-0.3, -0.25) is 10.5 Å². The summed E-state index contributed by atoms with van der Waals surface area (Å²) < 4.78 is 0. The van der Waals surface area contributed by atoms with Crippen LogP contribution >= 0.6 is 0 Å². The lowest BCUT2D eigenvalue weighted by Crippen LogP contribution is -2.51. The maximum absolute atomic E-state index is 4.23. The third-order valence-corrected chi connectivity index (χ3v) is 3.91. The van der Waals surface area contributed by atoms with Crippen molar-refractivity contribution in [2.45, 2.75) is 65.6 Å². The third kappa shape index (κ3) is 2.69. The molecular formula is C13H24N4. The smallest absolute Gasteiger partial charge is 0.0639 e. The number of H-pyrrole nitrogens is 1. The molecule has 0 aromatic carbocycles. The molecule has 0 saturated carbocycles. The molecule has 17 heavy (non-hydrogen) atoms. The van der Waals surface area contributed by atoms with E-state index >= 15 is 0 Å². The summed E-state index contributed by atoms with van der Waals surface area (Å²) in [7, 11) is 0. The molecule has 96 valence electrons. The van der Waals surface area contributed by atoms with Gasteiger partial charge in [-0.2, -0.15) is 5.10 Å². The molecule has 1 saturated heterocycles. The van der Waals surface area contributed by atoms with Crippen LogP contribution in [0.1, 0.15) is 50.1 Å². The molecule has 4 nitrogen and oxygen atoms in total. The number of aryl methyl sites for hydroxylation is 2. The number of piperidine rings is 1. The van der Waals surface area contributed by atoms with E-state index in [-0.39, 0.29) is 0 Å². The van der Waals surface area contributed by atoms with E-state index in [0.29, 0.717) is 12.1 Å². The maximum Gasteiger partial charge on any atom is 0.0639 e. The molecule has 0 radical (unpaired) electrons. The molecule has 4 heteroatoms. The number of hydrogen-bond acceptors (Lipinski definition) is 3. The van der Waals surface area contributed by atoms with Crippen LogP contribution in [0.2, 0.25) is 0 Å². The zero-order valence-corrected chi connectivity index (χ0v) is 11.4. The molecule has 1 aliphatic rings. The zero-order valence-electron chi connectivity index (χ0n) is 11.4. The van der Waals surface area contributed by atoms with Gasteiger partial charge in [0.05, 0.1) is 5.69 Å². The first kappa shape index (κ1) is 12.6. The van der Waals surface area contributed by atoms with Gasteiger partial charge in [0.1, 0.15) is 0 Å². The number of aromatic amines is 1. The van der Waals surface area contributed by atoms with E-state index in [0.717, 1.165) is 12.2 Å².